The molecule has 0 spiro atoms. The third-order valence-corrected chi connectivity index (χ3v) is 4.79. The summed E-state index contributed by atoms with van der Waals surface area (Å²) in [6, 6.07) is 9.04. The molecule has 1 fully saturated rings. The third kappa shape index (κ3) is 4.07. The summed E-state index contributed by atoms with van der Waals surface area (Å²) in [4.78, 5) is 0. The van der Waals surface area contributed by atoms with Crippen LogP contribution in [0.5, 0.6) is 0 Å². The molecule has 0 unspecified atom stereocenters. The molecule has 0 atom stereocenters. The number of rotatable bonds is 5. The third-order valence-electron chi connectivity index (χ3n) is 4.79. The van der Waals surface area contributed by atoms with Crippen molar-refractivity contribution in [1.29, 1.82) is 0 Å². The molecular formula is C18H29N. The van der Waals surface area contributed by atoms with Gasteiger partial charge >= 0.3 is 0 Å². The highest BCUT2D eigenvalue weighted by Gasteiger charge is 2.31. The fourth-order valence-electron chi connectivity index (χ4n) is 3.43. The summed E-state index contributed by atoms with van der Waals surface area (Å²) >= 11 is 0. The maximum absolute atomic E-state index is 6.62. The van der Waals surface area contributed by atoms with Crippen molar-refractivity contribution in [2.75, 3.05) is 0 Å². The van der Waals surface area contributed by atoms with Crippen LogP contribution >= 0.6 is 0 Å². The van der Waals surface area contributed by atoms with Gasteiger partial charge in [0.1, 0.15) is 0 Å². The van der Waals surface area contributed by atoms with Gasteiger partial charge in [0.2, 0.25) is 0 Å². The zero-order valence-electron chi connectivity index (χ0n) is 12.6. The first-order chi connectivity index (χ1) is 9.15. The fraction of sp³-hybridized carbons (Fsp3) is 0.667. The second-order valence-corrected chi connectivity index (χ2v) is 6.44. The van der Waals surface area contributed by atoms with E-state index in [4.69, 9.17) is 5.73 Å². The van der Waals surface area contributed by atoms with Crippen LogP contribution < -0.4 is 5.73 Å². The Kier molecular flexibility index (Phi) is 5.04. The highest BCUT2D eigenvalue weighted by atomic mass is 14.7. The zero-order valence-corrected chi connectivity index (χ0v) is 12.6. The number of nitrogens with two attached hydrogens (primary N) is 1. The molecule has 0 radical (unpaired) electrons. The van der Waals surface area contributed by atoms with Gasteiger partial charge in [-0.2, -0.15) is 0 Å². The van der Waals surface area contributed by atoms with E-state index in [2.05, 4.69) is 38.1 Å². The predicted octanol–water partition coefficient (Wildman–Crippen LogP) is 4.48. The van der Waals surface area contributed by atoms with Crippen molar-refractivity contribution in [1.82, 2.24) is 0 Å². The van der Waals surface area contributed by atoms with Crippen LogP contribution in [0.1, 0.15) is 63.5 Å². The molecule has 1 saturated carbocycles. The van der Waals surface area contributed by atoms with Crippen LogP contribution in [0.15, 0.2) is 24.3 Å². The minimum Gasteiger partial charge on any atom is -0.325 e. The number of aryl methyl sites for hydroxylation is 1. The standard InChI is InChI=1S/C18H29N/c1-3-5-16-10-12-18(19,13-11-16)14-17-8-6-15(4-2)7-9-17/h6-9,16H,3-5,10-14,19H2,1-2H3. The van der Waals surface area contributed by atoms with Gasteiger partial charge in [0.15, 0.2) is 0 Å². The SMILES string of the molecule is CCCC1CCC(N)(Cc2ccc(CC)cc2)CC1. The summed E-state index contributed by atoms with van der Waals surface area (Å²) in [7, 11) is 0. The highest BCUT2D eigenvalue weighted by molar-refractivity contribution is 5.24. The van der Waals surface area contributed by atoms with Gasteiger partial charge < -0.3 is 5.73 Å². The summed E-state index contributed by atoms with van der Waals surface area (Å²) in [5.41, 5.74) is 9.50. The van der Waals surface area contributed by atoms with Gasteiger partial charge in [0.05, 0.1) is 0 Å². The molecule has 106 valence electrons. The van der Waals surface area contributed by atoms with Crippen molar-refractivity contribution in [3.63, 3.8) is 0 Å². The highest BCUT2D eigenvalue weighted by Crippen LogP contribution is 2.34. The average Bonchev–Trinajstić information content (AvgIpc) is 2.43. The van der Waals surface area contributed by atoms with Gasteiger partial charge in [-0.15, -0.1) is 0 Å². The van der Waals surface area contributed by atoms with Crippen LogP contribution in [0.25, 0.3) is 0 Å². The van der Waals surface area contributed by atoms with E-state index in [1.54, 1.807) is 0 Å². The number of benzene rings is 1. The summed E-state index contributed by atoms with van der Waals surface area (Å²) in [5, 5.41) is 0. The second kappa shape index (κ2) is 6.56. The Morgan fingerprint density at radius 1 is 1.05 bits per heavy atom. The normalized spacial score (nSPS) is 27.4. The molecule has 1 aliphatic rings. The van der Waals surface area contributed by atoms with Crippen molar-refractivity contribution >= 4 is 0 Å². The molecule has 0 saturated heterocycles. The monoisotopic (exact) mass is 259 g/mol. The molecule has 0 aliphatic heterocycles. The van der Waals surface area contributed by atoms with Gasteiger partial charge in [0, 0.05) is 5.54 Å². The molecule has 1 heteroatoms. The molecule has 1 aromatic rings. The Morgan fingerprint density at radius 3 is 2.16 bits per heavy atom. The lowest BCUT2D eigenvalue weighted by Crippen LogP contribution is -2.45. The van der Waals surface area contributed by atoms with Crippen molar-refractivity contribution in [3.8, 4) is 0 Å². The molecule has 2 N–H and O–H groups in total. The van der Waals surface area contributed by atoms with E-state index in [1.807, 2.05) is 0 Å². The summed E-state index contributed by atoms with van der Waals surface area (Å²) in [6.07, 6.45) is 9.94. The van der Waals surface area contributed by atoms with Crippen molar-refractivity contribution < 1.29 is 0 Å². The van der Waals surface area contributed by atoms with E-state index in [-0.39, 0.29) is 5.54 Å². The molecule has 0 bridgehead atoms. The molecule has 2 rings (SSSR count). The van der Waals surface area contributed by atoms with Gasteiger partial charge in [-0.05, 0) is 55.6 Å². The maximum atomic E-state index is 6.62. The smallest absolute Gasteiger partial charge is 0.0195 e. The van der Waals surface area contributed by atoms with Gasteiger partial charge in [0.25, 0.3) is 0 Å². The van der Waals surface area contributed by atoms with Crippen LogP contribution in [0, 0.1) is 5.92 Å². The minimum absolute atomic E-state index is 0.0535. The lowest BCUT2D eigenvalue weighted by atomic mass is 9.73. The molecule has 0 amide bonds. The summed E-state index contributed by atoms with van der Waals surface area (Å²) < 4.78 is 0. The van der Waals surface area contributed by atoms with E-state index >= 15 is 0 Å². The van der Waals surface area contributed by atoms with E-state index in [9.17, 15) is 0 Å². The number of hydrogen-bond acceptors (Lipinski definition) is 1. The largest absolute Gasteiger partial charge is 0.325 e. The van der Waals surface area contributed by atoms with E-state index in [0.717, 1.165) is 18.8 Å². The second-order valence-electron chi connectivity index (χ2n) is 6.44. The lowest BCUT2D eigenvalue weighted by molar-refractivity contribution is 0.223. The summed E-state index contributed by atoms with van der Waals surface area (Å²) in [5.74, 6) is 0.934. The molecule has 0 aromatic heterocycles. The van der Waals surface area contributed by atoms with Gasteiger partial charge in [-0.3, -0.25) is 0 Å². The Labute approximate surface area is 118 Å². The van der Waals surface area contributed by atoms with E-state index < -0.39 is 0 Å². The van der Waals surface area contributed by atoms with Crippen LogP contribution in [0.2, 0.25) is 0 Å². The zero-order chi connectivity index (χ0) is 13.7. The Morgan fingerprint density at radius 2 is 1.63 bits per heavy atom. The van der Waals surface area contributed by atoms with Crippen molar-refractivity contribution in [2.45, 2.75) is 70.8 Å². The molecule has 1 aromatic carbocycles. The van der Waals surface area contributed by atoms with E-state index in [0.29, 0.717) is 0 Å². The Bertz CT molecular complexity index is 371. The first-order valence-corrected chi connectivity index (χ1v) is 8.02. The summed E-state index contributed by atoms with van der Waals surface area (Å²) in [6.45, 7) is 4.49. The first-order valence-electron chi connectivity index (χ1n) is 8.02. The maximum Gasteiger partial charge on any atom is 0.0195 e. The predicted molar refractivity (Wildman–Crippen MR) is 83.3 cm³/mol. The lowest BCUT2D eigenvalue weighted by Gasteiger charge is -2.37. The topological polar surface area (TPSA) is 26.0 Å². The van der Waals surface area contributed by atoms with Crippen LogP contribution in [-0.4, -0.2) is 5.54 Å². The number of hydrogen-bond donors (Lipinski definition) is 1. The molecule has 0 heterocycles. The fourth-order valence-corrected chi connectivity index (χ4v) is 3.43. The van der Waals surface area contributed by atoms with Gasteiger partial charge in [-0.1, -0.05) is 51.0 Å². The van der Waals surface area contributed by atoms with E-state index in [1.165, 1.54) is 49.7 Å². The molecule has 1 nitrogen and oxygen atoms in total. The van der Waals surface area contributed by atoms with Crippen LogP contribution in [-0.2, 0) is 12.8 Å². The van der Waals surface area contributed by atoms with Crippen LogP contribution in [0.3, 0.4) is 0 Å². The van der Waals surface area contributed by atoms with Crippen LogP contribution in [0.4, 0.5) is 0 Å². The van der Waals surface area contributed by atoms with Gasteiger partial charge in [-0.25, -0.2) is 0 Å². The van der Waals surface area contributed by atoms with Crippen molar-refractivity contribution in [3.05, 3.63) is 35.4 Å². The quantitative estimate of drug-likeness (QED) is 0.829. The van der Waals surface area contributed by atoms with Crippen molar-refractivity contribution in [2.24, 2.45) is 11.7 Å². The Balaban J connectivity index is 1.91. The average molecular weight is 259 g/mol. The molecule has 1 aliphatic carbocycles. The molecular weight excluding hydrogens is 230 g/mol. The first kappa shape index (κ1) is 14.6. The molecule has 19 heavy (non-hydrogen) atoms. The minimum atomic E-state index is 0.0535. The Hall–Kier alpha value is -0.820.